The zero-order valence-corrected chi connectivity index (χ0v) is 13.8. The number of ether oxygens (including phenoxy) is 1. The van der Waals surface area contributed by atoms with Crippen molar-refractivity contribution in [3.63, 3.8) is 0 Å². The van der Waals surface area contributed by atoms with E-state index in [0.717, 1.165) is 14.7 Å². The number of benzene rings is 2. The first-order valence-electron chi connectivity index (χ1n) is 5.57. The fourth-order valence-electron chi connectivity index (χ4n) is 1.79. The predicted octanol–water partition coefficient (Wildman–Crippen LogP) is 4.65. The van der Waals surface area contributed by atoms with Crippen molar-refractivity contribution in [3.8, 4) is 5.75 Å². The largest absolute Gasteiger partial charge is 0.495 e. The highest BCUT2D eigenvalue weighted by atomic mass is 127. The van der Waals surface area contributed by atoms with Gasteiger partial charge in [0.2, 0.25) is 0 Å². The maximum Gasteiger partial charge on any atom is 0.138 e. The Hall–Kier alpha value is -0.490. The second-order valence-electron chi connectivity index (χ2n) is 4.04. The van der Waals surface area contributed by atoms with E-state index in [0.29, 0.717) is 15.8 Å². The smallest absolute Gasteiger partial charge is 0.138 e. The summed E-state index contributed by atoms with van der Waals surface area (Å²) in [4.78, 5) is 0. The van der Waals surface area contributed by atoms with E-state index >= 15 is 0 Å². The molecule has 0 aliphatic heterocycles. The van der Waals surface area contributed by atoms with Gasteiger partial charge in [0, 0.05) is 14.7 Å². The monoisotopic (exact) mass is 407 g/mol. The van der Waals surface area contributed by atoms with Crippen molar-refractivity contribution in [1.29, 1.82) is 0 Å². The average Bonchev–Trinajstić information content (AvgIpc) is 2.41. The fraction of sp³-hybridized carbons (Fsp3) is 0.143. The summed E-state index contributed by atoms with van der Waals surface area (Å²) in [5.74, 6) is 0.547. The molecule has 0 aromatic heterocycles. The van der Waals surface area contributed by atoms with E-state index in [1.54, 1.807) is 19.2 Å². The van der Waals surface area contributed by atoms with Crippen molar-refractivity contribution in [1.82, 2.24) is 0 Å². The van der Waals surface area contributed by atoms with Gasteiger partial charge < -0.3 is 10.5 Å². The van der Waals surface area contributed by atoms with E-state index in [-0.39, 0.29) is 6.04 Å². The highest BCUT2D eigenvalue weighted by Gasteiger charge is 2.15. The highest BCUT2D eigenvalue weighted by Crippen LogP contribution is 2.35. The molecule has 0 heterocycles. The van der Waals surface area contributed by atoms with Crippen molar-refractivity contribution >= 4 is 45.8 Å². The lowest BCUT2D eigenvalue weighted by Gasteiger charge is -2.16. The Morgan fingerprint density at radius 3 is 2.32 bits per heavy atom. The molecule has 0 fully saturated rings. The Balaban J connectivity index is 2.41. The minimum absolute atomic E-state index is 0.312. The van der Waals surface area contributed by atoms with Crippen LogP contribution in [0.2, 0.25) is 10.0 Å². The van der Waals surface area contributed by atoms with E-state index < -0.39 is 0 Å². The van der Waals surface area contributed by atoms with E-state index in [1.807, 2.05) is 24.3 Å². The van der Waals surface area contributed by atoms with Crippen LogP contribution in [-0.4, -0.2) is 7.11 Å². The molecule has 2 aromatic rings. The van der Waals surface area contributed by atoms with Crippen LogP contribution in [0.5, 0.6) is 5.75 Å². The molecule has 2 N–H and O–H groups in total. The standard InChI is InChI=1S/C14H12Cl2INO/c1-19-13-7-11(15)10(6-12(13)16)14(18)8-2-4-9(17)5-3-8/h2-7,14H,18H2,1H3. The molecular formula is C14H12Cl2INO. The van der Waals surface area contributed by atoms with Crippen LogP contribution in [0, 0.1) is 3.57 Å². The Morgan fingerprint density at radius 1 is 1.11 bits per heavy atom. The number of halogens is 3. The first kappa shape index (κ1) is 14.9. The van der Waals surface area contributed by atoms with E-state index in [4.69, 9.17) is 33.7 Å². The van der Waals surface area contributed by atoms with Gasteiger partial charge in [-0.05, 0) is 51.9 Å². The van der Waals surface area contributed by atoms with Gasteiger partial charge in [0.25, 0.3) is 0 Å². The molecule has 0 spiro atoms. The molecule has 0 amide bonds. The molecule has 0 saturated carbocycles. The summed E-state index contributed by atoms with van der Waals surface area (Å²) in [7, 11) is 1.55. The van der Waals surface area contributed by atoms with Crippen LogP contribution in [-0.2, 0) is 0 Å². The third-order valence-corrected chi connectivity index (χ3v) is 4.18. The number of methoxy groups -OCH3 is 1. The summed E-state index contributed by atoms with van der Waals surface area (Å²) < 4.78 is 6.28. The van der Waals surface area contributed by atoms with Crippen LogP contribution in [0.15, 0.2) is 36.4 Å². The summed E-state index contributed by atoms with van der Waals surface area (Å²) >= 11 is 14.6. The first-order valence-corrected chi connectivity index (χ1v) is 7.40. The summed E-state index contributed by atoms with van der Waals surface area (Å²) in [6.45, 7) is 0. The van der Waals surface area contributed by atoms with Crippen molar-refractivity contribution in [2.75, 3.05) is 7.11 Å². The third kappa shape index (κ3) is 3.34. The molecule has 5 heteroatoms. The molecule has 0 aliphatic carbocycles. The molecule has 2 rings (SSSR count). The van der Waals surface area contributed by atoms with E-state index in [9.17, 15) is 0 Å². The predicted molar refractivity (Wildman–Crippen MR) is 88.2 cm³/mol. The zero-order valence-electron chi connectivity index (χ0n) is 10.2. The second-order valence-corrected chi connectivity index (χ2v) is 6.10. The highest BCUT2D eigenvalue weighted by molar-refractivity contribution is 14.1. The lowest BCUT2D eigenvalue weighted by atomic mass is 9.99. The van der Waals surface area contributed by atoms with Crippen molar-refractivity contribution < 1.29 is 4.74 Å². The molecule has 0 aliphatic rings. The SMILES string of the molecule is COc1cc(Cl)c(C(N)c2ccc(I)cc2)cc1Cl. The summed E-state index contributed by atoms with van der Waals surface area (Å²) in [6.07, 6.45) is 0. The van der Waals surface area contributed by atoms with Gasteiger partial charge in [-0.15, -0.1) is 0 Å². The second kappa shape index (κ2) is 6.31. The number of nitrogens with two attached hydrogens (primary N) is 1. The van der Waals surface area contributed by atoms with E-state index in [1.165, 1.54) is 0 Å². The molecule has 100 valence electrons. The van der Waals surface area contributed by atoms with Gasteiger partial charge in [-0.1, -0.05) is 35.3 Å². The molecular weight excluding hydrogens is 396 g/mol. The molecule has 0 saturated heterocycles. The topological polar surface area (TPSA) is 35.2 Å². The molecule has 1 unspecified atom stereocenters. The molecule has 0 bridgehead atoms. The summed E-state index contributed by atoms with van der Waals surface area (Å²) in [5, 5.41) is 1.05. The Kier molecular flexibility index (Phi) is 4.95. The molecule has 2 aromatic carbocycles. The van der Waals surface area contributed by atoms with Crippen molar-refractivity contribution in [3.05, 3.63) is 61.1 Å². The maximum absolute atomic E-state index is 6.24. The lowest BCUT2D eigenvalue weighted by Crippen LogP contribution is -2.12. The van der Waals surface area contributed by atoms with Crippen LogP contribution in [0.3, 0.4) is 0 Å². The van der Waals surface area contributed by atoms with Gasteiger partial charge in [0.05, 0.1) is 18.2 Å². The summed E-state index contributed by atoms with van der Waals surface area (Å²) in [5.41, 5.74) is 8.02. The minimum atomic E-state index is -0.312. The number of rotatable bonds is 3. The zero-order chi connectivity index (χ0) is 14.0. The molecule has 19 heavy (non-hydrogen) atoms. The number of hydrogen-bond acceptors (Lipinski definition) is 2. The van der Waals surface area contributed by atoms with Gasteiger partial charge >= 0.3 is 0 Å². The van der Waals surface area contributed by atoms with E-state index in [2.05, 4.69) is 22.6 Å². The molecule has 2 nitrogen and oxygen atoms in total. The summed E-state index contributed by atoms with van der Waals surface area (Å²) in [6, 6.07) is 11.1. The minimum Gasteiger partial charge on any atom is -0.495 e. The van der Waals surface area contributed by atoms with Gasteiger partial charge in [-0.25, -0.2) is 0 Å². The molecule has 0 radical (unpaired) electrons. The molecule has 1 atom stereocenters. The van der Waals surface area contributed by atoms with Gasteiger partial charge in [-0.2, -0.15) is 0 Å². The van der Waals surface area contributed by atoms with Crippen LogP contribution in [0.25, 0.3) is 0 Å². The van der Waals surface area contributed by atoms with Gasteiger partial charge in [-0.3, -0.25) is 0 Å². The average molecular weight is 408 g/mol. The van der Waals surface area contributed by atoms with Gasteiger partial charge in [0.1, 0.15) is 5.75 Å². The normalized spacial score (nSPS) is 12.3. The van der Waals surface area contributed by atoms with Crippen LogP contribution >= 0.6 is 45.8 Å². The lowest BCUT2D eigenvalue weighted by molar-refractivity contribution is 0.415. The maximum atomic E-state index is 6.24. The fourth-order valence-corrected chi connectivity index (χ4v) is 2.67. The first-order chi connectivity index (χ1) is 9.02. The Morgan fingerprint density at radius 2 is 1.74 bits per heavy atom. The van der Waals surface area contributed by atoms with Crippen LogP contribution in [0.1, 0.15) is 17.2 Å². The third-order valence-electron chi connectivity index (χ3n) is 2.84. The quantitative estimate of drug-likeness (QED) is 0.751. The van der Waals surface area contributed by atoms with Gasteiger partial charge in [0.15, 0.2) is 0 Å². The van der Waals surface area contributed by atoms with Crippen molar-refractivity contribution in [2.24, 2.45) is 5.73 Å². The number of hydrogen-bond donors (Lipinski definition) is 1. The van der Waals surface area contributed by atoms with Crippen LogP contribution < -0.4 is 10.5 Å². The van der Waals surface area contributed by atoms with Crippen LogP contribution in [0.4, 0.5) is 0 Å². The Bertz CT molecular complexity index is 587. The van der Waals surface area contributed by atoms with Crippen molar-refractivity contribution in [2.45, 2.75) is 6.04 Å². The Labute approximate surface area is 136 Å².